The first-order valence-corrected chi connectivity index (χ1v) is 4.92. The summed E-state index contributed by atoms with van der Waals surface area (Å²) in [5, 5.41) is 5.95. The molecule has 3 nitrogen and oxygen atoms in total. The van der Waals surface area contributed by atoms with Crippen molar-refractivity contribution in [3.05, 3.63) is 0 Å². The van der Waals surface area contributed by atoms with Crippen LogP contribution in [0.4, 0.5) is 0 Å². The molecule has 0 radical (unpaired) electrons. The summed E-state index contributed by atoms with van der Waals surface area (Å²) in [5.41, 5.74) is 0.431. The van der Waals surface area contributed by atoms with Gasteiger partial charge in [0.25, 0.3) is 0 Å². The molecule has 0 aromatic carbocycles. The van der Waals surface area contributed by atoms with Crippen LogP contribution in [0, 0.1) is 5.41 Å². The van der Waals surface area contributed by atoms with Gasteiger partial charge < -0.3 is 10.6 Å². The van der Waals surface area contributed by atoms with E-state index in [-0.39, 0.29) is 11.9 Å². The molecular weight excluding hydrogens is 164 g/mol. The van der Waals surface area contributed by atoms with Crippen molar-refractivity contribution in [1.29, 1.82) is 0 Å². The quantitative estimate of drug-likeness (QED) is 0.684. The molecule has 3 heteroatoms. The van der Waals surface area contributed by atoms with Gasteiger partial charge in [-0.05, 0) is 32.2 Å². The van der Waals surface area contributed by atoms with E-state index in [0.29, 0.717) is 11.5 Å². The lowest BCUT2D eigenvalue weighted by Crippen LogP contribution is -2.52. The molecule has 1 atom stereocenters. The molecule has 2 N–H and O–H groups in total. The fraction of sp³-hybridized carbons (Fsp3) is 0.900. The molecule has 1 fully saturated rings. The number of carbonyl (C=O) groups excluding carboxylic acids is 1. The van der Waals surface area contributed by atoms with Gasteiger partial charge in [0.15, 0.2) is 0 Å². The maximum absolute atomic E-state index is 11.4. The number of amides is 1. The minimum absolute atomic E-state index is 0.0799. The molecule has 1 unspecified atom stereocenters. The molecule has 1 aliphatic rings. The van der Waals surface area contributed by atoms with Crippen LogP contribution in [0.2, 0.25) is 0 Å². The van der Waals surface area contributed by atoms with Gasteiger partial charge in [-0.3, -0.25) is 4.79 Å². The highest BCUT2D eigenvalue weighted by molar-refractivity contribution is 5.81. The van der Waals surface area contributed by atoms with Gasteiger partial charge in [-0.15, -0.1) is 0 Å². The molecular formula is C10H20N2O. The zero-order valence-electron chi connectivity index (χ0n) is 8.98. The fourth-order valence-corrected chi connectivity index (χ4v) is 1.83. The van der Waals surface area contributed by atoms with Crippen LogP contribution < -0.4 is 10.6 Å². The maximum atomic E-state index is 11.4. The third kappa shape index (κ3) is 2.69. The predicted molar refractivity (Wildman–Crippen MR) is 53.5 cm³/mol. The highest BCUT2D eigenvalue weighted by atomic mass is 16.2. The number of hydrogen-bond donors (Lipinski definition) is 2. The zero-order chi connectivity index (χ0) is 10.1. The van der Waals surface area contributed by atoms with Crippen LogP contribution in [0.15, 0.2) is 0 Å². The van der Waals surface area contributed by atoms with Gasteiger partial charge in [-0.25, -0.2) is 0 Å². The van der Waals surface area contributed by atoms with Crippen LogP contribution in [-0.4, -0.2) is 25.0 Å². The van der Waals surface area contributed by atoms with Crippen LogP contribution in [0.25, 0.3) is 0 Å². The van der Waals surface area contributed by atoms with Gasteiger partial charge in [0, 0.05) is 6.04 Å². The number of hydrogen-bond acceptors (Lipinski definition) is 2. The van der Waals surface area contributed by atoms with E-state index in [1.165, 1.54) is 0 Å². The summed E-state index contributed by atoms with van der Waals surface area (Å²) >= 11 is 0. The lowest BCUT2D eigenvalue weighted by molar-refractivity contribution is -0.124. The highest BCUT2D eigenvalue weighted by Crippen LogP contribution is 2.39. The number of likely N-dealkylation sites (N-methyl/N-ethyl adjacent to an activating group) is 1. The van der Waals surface area contributed by atoms with Gasteiger partial charge in [0.05, 0.1) is 6.04 Å². The molecule has 1 saturated carbocycles. The Kier molecular flexibility index (Phi) is 2.96. The summed E-state index contributed by atoms with van der Waals surface area (Å²) in [7, 11) is 1.80. The Morgan fingerprint density at radius 2 is 2.00 bits per heavy atom. The molecule has 0 spiro atoms. The van der Waals surface area contributed by atoms with Crippen molar-refractivity contribution >= 4 is 5.91 Å². The number of nitrogens with one attached hydrogen (secondary N) is 2. The molecule has 13 heavy (non-hydrogen) atoms. The average Bonchev–Trinajstić information content (AvgIpc) is 1.99. The van der Waals surface area contributed by atoms with Crippen molar-refractivity contribution in [2.24, 2.45) is 5.41 Å². The van der Waals surface area contributed by atoms with Crippen LogP contribution in [-0.2, 0) is 4.79 Å². The van der Waals surface area contributed by atoms with Crippen LogP contribution in [0.5, 0.6) is 0 Å². The predicted octanol–water partition coefficient (Wildman–Crippen LogP) is 0.899. The van der Waals surface area contributed by atoms with Crippen molar-refractivity contribution in [3.8, 4) is 0 Å². The van der Waals surface area contributed by atoms with Crippen LogP contribution in [0.3, 0.4) is 0 Å². The van der Waals surface area contributed by atoms with E-state index < -0.39 is 0 Å². The number of carbonyl (C=O) groups is 1. The molecule has 0 aromatic rings. The molecule has 0 heterocycles. The summed E-state index contributed by atoms with van der Waals surface area (Å²) in [6.07, 6.45) is 2.21. The monoisotopic (exact) mass is 184 g/mol. The smallest absolute Gasteiger partial charge is 0.237 e. The fourth-order valence-electron chi connectivity index (χ4n) is 1.83. The van der Waals surface area contributed by atoms with Crippen LogP contribution in [0.1, 0.15) is 33.6 Å². The third-order valence-corrected chi connectivity index (χ3v) is 2.77. The Morgan fingerprint density at radius 1 is 1.46 bits per heavy atom. The van der Waals surface area contributed by atoms with E-state index >= 15 is 0 Å². The maximum Gasteiger partial charge on any atom is 0.237 e. The normalized spacial score (nSPS) is 23.4. The number of rotatable bonds is 3. The molecule has 1 amide bonds. The van der Waals surface area contributed by atoms with Gasteiger partial charge in [-0.2, -0.15) is 0 Å². The van der Waals surface area contributed by atoms with Gasteiger partial charge in [-0.1, -0.05) is 13.8 Å². The summed E-state index contributed by atoms with van der Waals surface area (Å²) in [4.78, 5) is 11.4. The largest absolute Gasteiger partial charge is 0.352 e. The second-order valence-corrected chi connectivity index (χ2v) is 4.79. The summed E-state index contributed by atoms with van der Waals surface area (Å²) in [6.45, 7) is 6.34. The van der Waals surface area contributed by atoms with Crippen molar-refractivity contribution in [3.63, 3.8) is 0 Å². The Balaban J connectivity index is 2.24. The minimum Gasteiger partial charge on any atom is -0.352 e. The molecule has 0 aromatic heterocycles. The Labute approximate surface area is 80.3 Å². The third-order valence-electron chi connectivity index (χ3n) is 2.77. The molecule has 0 aliphatic heterocycles. The van der Waals surface area contributed by atoms with E-state index in [1.54, 1.807) is 7.05 Å². The molecule has 76 valence electrons. The van der Waals surface area contributed by atoms with Gasteiger partial charge in [0.1, 0.15) is 0 Å². The van der Waals surface area contributed by atoms with E-state index in [9.17, 15) is 4.79 Å². The van der Waals surface area contributed by atoms with Crippen molar-refractivity contribution in [1.82, 2.24) is 10.6 Å². The Morgan fingerprint density at radius 3 is 2.38 bits per heavy atom. The van der Waals surface area contributed by atoms with Crippen molar-refractivity contribution in [2.45, 2.75) is 45.7 Å². The van der Waals surface area contributed by atoms with Gasteiger partial charge >= 0.3 is 0 Å². The first-order chi connectivity index (χ1) is 5.94. The standard InChI is InChI=1S/C10H20N2O/c1-7(11-4)9(13)12-8-5-10(2,3)6-8/h7-8,11H,5-6H2,1-4H3,(H,12,13). The molecule has 0 saturated heterocycles. The van der Waals surface area contributed by atoms with Crippen molar-refractivity contribution in [2.75, 3.05) is 7.05 Å². The SMILES string of the molecule is CNC(C)C(=O)NC1CC(C)(C)C1. The highest BCUT2D eigenvalue weighted by Gasteiger charge is 2.37. The van der Waals surface area contributed by atoms with E-state index in [0.717, 1.165) is 12.8 Å². The second-order valence-electron chi connectivity index (χ2n) is 4.79. The first-order valence-electron chi connectivity index (χ1n) is 4.92. The zero-order valence-corrected chi connectivity index (χ0v) is 8.98. The van der Waals surface area contributed by atoms with Crippen molar-refractivity contribution < 1.29 is 4.79 Å². The Bertz CT molecular complexity index is 193. The minimum atomic E-state index is -0.0799. The average molecular weight is 184 g/mol. The Hall–Kier alpha value is -0.570. The van der Waals surface area contributed by atoms with Gasteiger partial charge in [0.2, 0.25) is 5.91 Å². The lowest BCUT2D eigenvalue weighted by atomic mass is 9.68. The molecule has 0 bridgehead atoms. The summed E-state index contributed by atoms with van der Waals surface area (Å²) in [6, 6.07) is 0.321. The lowest BCUT2D eigenvalue weighted by Gasteiger charge is -2.43. The van der Waals surface area contributed by atoms with E-state index in [1.807, 2.05) is 6.92 Å². The van der Waals surface area contributed by atoms with E-state index in [2.05, 4.69) is 24.5 Å². The van der Waals surface area contributed by atoms with E-state index in [4.69, 9.17) is 0 Å². The second kappa shape index (κ2) is 3.66. The topological polar surface area (TPSA) is 41.1 Å². The first kappa shape index (κ1) is 10.5. The molecule has 1 rings (SSSR count). The van der Waals surface area contributed by atoms with Crippen LogP contribution >= 0.6 is 0 Å². The summed E-state index contributed by atoms with van der Waals surface area (Å²) in [5.74, 6) is 0.114. The summed E-state index contributed by atoms with van der Waals surface area (Å²) < 4.78 is 0. The molecule has 1 aliphatic carbocycles.